The molecule has 2 N–H and O–H groups in total. The Labute approximate surface area is 100 Å². The third-order valence-corrected chi connectivity index (χ3v) is 2.27. The molecule has 0 saturated heterocycles. The number of hydrogen-bond donors (Lipinski definition) is 2. The van der Waals surface area contributed by atoms with Crippen molar-refractivity contribution < 1.29 is 24.3 Å². The van der Waals surface area contributed by atoms with Gasteiger partial charge in [-0.25, -0.2) is 4.79 Å². The number of phenolic OH excluding ortho intramolecular Hbond substituents is 1. The second-order valence-electron chi connectivity index (χ2n) is 3.43. The number of aromatic carboxylic acids is 1. The first-order chi connectivity index (χ1) is 8.49. The van der Waals surface area contributed by atoms with Crippen LogP contribution in [-0.4, -0.2) is 21.1 Å². The average molecular weight is 249 g/mol. The van der Waals surface area contributed by atoms with Crippen LogP contribution in [0.5, 0.6) is 5.75 Å². The number of rotatable bonds is 3. The predicted octanol–water partition coefficient (Wildman–Crippen LogP) is 2.26. The molecule has 1 heterocycles. The second kappa shape index (κ2) is 4.21. The Morgan fingerprint density at radius 3 is 2.50 bits per heavy atom. The molecule has 0 saturated carbocycles. The molecule has 1 aromatic heterocycles. The van der Waals surface area contributed by atoms with Gasteiger partial charge in [0.05, 0.1) is 16.6 Å². The lowest BCUT2D eigenvalue weighted by atomic mass is 10.1. The number of carbonyl (C=O) groups is 1. The number of furan rings is 1. The summed E-state index contributed by atoms with van der Waals surface area (Å²) in [6, 6.07) is 6.05. The number of nitro benzene ring substituents is 1. The Hall–Kier alpha value is -2.83. The van der Waals surface area contributed by atoms with Crippen molar-refractivity contribution in [3.05, 3.63) is 46.2 Å². The van der Waals surface area contributed by atoms with Crippen molar-refractivity contribution in [1.29, 1.82) is 0 Å². The molecule has 0 atom stereocenters. The fourth-order valence-corrected chi connectivity index (χ4v) is 1.44. The smallest absolute Gasteiger partial charge is 0.371 e. The molecule has 0 aliphatic carbocycles. The van der Waals surface area contributed by atoms with Gasteiger partial charge in [0.2, 0.25) is 5.76 Å². The Morgan fingerprint density at radius 1 is 1.28 bits per heavy atom. The van der Waals surface area contributed by atoms with Crippen molar-refractivity contribution in [2.75, 3.05) is 0 Å². The maximum Gasteiger partial charge on any atom is 0.371 e. The molecular formula is C11H7NO6. The number of phenols is 1. The van der Waals surface area contributed by atoms with E-state index in [0.29, 0.717) is 0 Å². The van der Waals surface area contributed by atoms with Crippen molar-refractivity contribution in [2.45, 2.75) is 0 Å². The minimum absolute atomic E-state index is 0.125. The zero-order valence-corrected chi connectivity index (χ0v) is 8.86. The summed E-state index contributed by atoms with van der Waals surface area (Å²) in [6.07, 6.45) is 0. The summed E-state index contributed by atoms with van der Waals surface area (Å²) < 4.78 is 4.98. The SMILES string of the molecule is O=C(O)c1ccc(-c2ccc([N+](=O)[O-])cc2O)o1. The van der Waals surface area contributed by atoms with E-state index in [4.69, 9.17) is 9.52 Å². The average Bonchev–Trinajstić information content (AvgIpc) is 2.78. The summed E-state index contributed by atoms with van der Waals surface area (Å²) in [5, 5.41) is 28.8. The van der Waals surface area contributed by atoms with Crippen LogP contribution in [0.25, 0.3) is 11.3 Å². The second-order valence-corrected chi connectivity index (χ2v) is 3.43. The van der Waals surface area contributed by atoms with Crippen LogP contribution in [0.1, 0.15) is 10.6 Å². The first-order valence-corrected chi connectivity index (χ1v) is 4.80. The maximum atomic E-state index is 10.6. The molecule has 0 aliphatic rings. The van der Waals surface area contributed by atoms with Crippen LogP contribution in [0.3, 0.4) is 0 Å². The maximum absolute atomic E-state index is 10.6. The molecule has 7 heteroatoms. The summed E-state index contributed by atoms with van der Waals surface area (Å²) in [5.41, 5.74) is -0.0747. The standard InChI is InChI=1S/C11H7NO6/c13-8-5-6(12(16)17)1-2-7(8)9-3-4-10(18-9)11(14)15/h1-5,13H,(H,14,15). The van der Waals surface area contributed by atoms with E-state index in [-0.39, 0.29) is 28.5 Å². The zero-order valence-electron chi connectivity index (χ0n) is 8.86. The largest absolute Gasteiger partial charge is 0.507 e. The number of nitrogens with zero attached hydrogens (tertiary/aromatic N) is 1. The minimum atomic E-state index is -1.23. The molecule has 0 aliphatic heterocycles. The van der Waals surface area contributed by atoms with Crippen LogP contribution in [0, 0.1) is 10.1 Å². The van der Waals surface area contributed by atoms with Crippen LogP contribution >= 0.6 is 0 Å². The van der Waals surface area contributed by atoms with Crippen molar-refractivity contribution >= 4 is 11.7 Å². The number of carboxylic acid groups (broad SMARTS) is 1. The van der Waals surface area contributed by atoms with Gasteiger partial charge in [0, 0.05) is 6.07 Å². The molecule has 18 heavy (non-hydrogen) atoms. The number of carboxylic acids is 1. The van der Waals surface area contributed by atoms with Gasteiger partial charge in [0.15, 0.2) is 0 Å². The summed E-state index contributed by atoms with van der Waals surface area (Å²) in [7, 11) is 0. The molecule has 0 radical (unpaired) electrons. The summed E-state index contributed by atoms with van der Waals surface area (Å²) in [5.74, 6) is -1.74. The number of benzene rings is 1. The predicted molar refractivity (Wildman–Crippen MR) is 59.4 cm³/mol. The van der Waals surface area contributed by atoms with Crippen LogP contribution < -0.4 is 0 Å². The lowest BCUT2D eigenvalue weighted by Crippen LogP contribution is -1.91. The Balaban J connectivity index is 2.44. The van der Waals surface area contributed by atoms with Gasteiger partial charge >= 0.3 is 5.97 Å². The van der Waals surface area contributed by atoms with Gasteiger partial charge < -0.3 is 14.6 Å². The van der Waals surface area contributed by atoms with E-state index < -0.39 is 10.9 Å². The molecule has 0 fully saturated rings. The van der Waals surface area contributed by atoms with Gasteiger partial charge in [0.1, 0.15) is 11.5 Å². The molecule has 0 spiro atoms. The molecular weight excluding hydrogens is 242 g/mol. The van der Waals surface area contributed by atoms with Gasteiger partial charge in [-0.2, -0.15) is 0 Å². The molecule has 2 aromatic rings. The molecule has 92 valence electrons. The molecule has 2 rings (SSSR count). The lowest BCUT2D eigenvalue weighted by molar-refractivity contribution is -0.384. The highest BCUT2D eigenvalue weighted by Crippen LogP contribution is 2.33. The van der Waals surface area contributed by atoms with E-state index in [2.05, 4.69) is 0 Å². The third-order valence-electron chi connectivity index (χ3n) is 2.27. The molecule has 1 aromatic carbocycles. The van der Waals surface area contributed by atoms with Crippen molar-refractivity contribution in [1.82, 2.24) is 0 Å². The lowest BCUT2D eigenvalue weighted by Gasteiger charge is -2.00. The summed E-state index contributed by atoms with van der Waals surface area (Å²) in [6.45, 7) is 0. The zero-order chi connectivity index (χ0) is 13.3. The van der Waals surface area contributed by atoms with Gasteiger partial charge in [-0.05, 0) is 18.2 Å². The van der Waals surface area contributed by atoms with Crippen LogP contribution in [0.4, 0.5) is 5.69 Å². The molecule has 0 unspecified atom stereocenters. The third kappa shape index (κ3) is 2.01. The number of non-ortho nitro benzene ring substituents is 1. The molecule has 0 bridgehead atoms. The summed E-state index contributed by atoms with van der Waals surface area (Å²) >= 11 is 0. The normalized spacial score (nSPS) is 10.2. The van der Waals surface area contributed by atoms with E-state index >= 15 is 0 Å². The topological polar surface area (TPSA) is 114 Å². The van der Waals surface area contributed by atoms with E-state index in [9.17, 15) is 20.0 Å². The molecule has 7 nitrogen and oxygen atoms in total. The quantitative estimate of drug-likeness (QED) is 0.636. The monoisotopic (exact) mass is 249 g/mol. The first kappa shape index (κ1) is 11.6. The Kier molecular flexibility index (Phi) is 2.72. The van der Waals surface area contributed by atoms with E-state index in [1.807, 2.05) is 0 Å². The van der Waals surface area contributed by atoms with E-state index in [0.717, 1.165) is 6.07 Å². The van der Waals surface area contributed by atoms with Gasteiger partial charge in [-0.3, -0.25) is 10.1 Å². The fourth-order valence-electron chi connectivity index (χ4n) is 1.44. The number of aromatic hydroxyl groups is 1. The fraction of sp³-hybridized carbons (Fsp3) is 0. The Bertz CT molecular complexity index is 630. The van der Waals surface area contributed by atoms with Gasteiger partial charge in [-0.1, -0.05) is 0 Å². The van der Waals surface area contributed by atoms with Crippen molar-refractivity contribution in [3.63, 3.8) is 0 Å². The van der Waals surface area contributed by atoms with E-state index in [1.54, 1.807) is 0 Å². The van der Waals surface area contributed by atoms with Gasteiger partial charge in [-0.15, -0.1) is 0 Å². The van der Waals surface area contributed by atoms with Crippen LogP contribution in [0.15, 0.2) is 34.7 Å². The van der Waals surface area contributed by atoms with Crippen LogP contribution in [-0.2, 0) is 0 Å². The van der Waals surface area contributed by atoms with Crippen LogP contribution in [0.2, 0.25) is 0 Å². The number of nitro groups is 1. The van der Waals surface area contributed by atoms with Crippen molar-refractivity contribution in [2.24, 2.45) is 0 Å². The first-order valence-electron chi connectivity index (χ1n) is 4.80. The number of hydrogen-bond acceptors (Lipinski definition) is 5. The molecule has 0 amide bonds. The minimum Gasteiger partial charge on any atom is -0.507 e. The highest BCUT2D eigenvalue weighted by atomic mass is 16.6. The highest BCUT2D eigenvalue weighted by Gasteiger charge is 2.15. The summed E-state index contributed by atoms with van der Waals surface area (Å²) in [4.78, 5) is 20.5. The van der Waals surface area contributed by atoms with Gasteiger partial charge in [0.25, 0.3) is 5.69 Å². The van der Waals surface area contributed by atoms with Crippen molar-refractivity contribution in [3.8, 4) is 17.1 Å². The Morgan fingerprint density at radius 2 is 2.00 bits per heavy atom. The highest BCUT2D eigenvalue weighted by molar-refractivity contribution is 5.85. The van der Waals surface area contributed by atoms with E-state index in [1.165, 1.54) is 24.3 Å².